The van der Waals surface area contributed by atoms with E-state index >= 15 is 0 Å². The van der Waals surface area contributed by atoms with E-state index in [4.69, 9.17) is 4.42 Å². The number of carbonyl (C=O) groups excluding carboxylic acids is 1. The van der Waals surface area contributed by atoms with Crippen LogP contribution in [0.3, 0.4) is 0 Å². The van der Waals surface area contributed by atoms with Crippen LogP contribution < -0.4 is 10.7 Å². The summed E-state index contributed by atoms with van der Waals surface area (Å²) in [6, 6.07) is 13.1. The summed E-state index contributed by atoms with van der Waals surface area (Å²) in [7, 11) is 0. The fourth-order valence-corrected chi connectivity index (χ4v) is 4.21. The lowest BCUT2D eigenvalue weighted by atomic mass is 9.90. The quantitative estimate of drug-likeness (QED) is 0.296. The highest BCUT2D eigenvalue weighted by Gasteiger charge is 2.23. The van der Waals surface area contributed by atoms with Crippen molar-refractivity contribution in [3.63, 3.8) is 0 Å². The molecule has 38 heavy (non-hydrogen) atoms. The number of amides is 1. The molecule has 3 aromatic rings. The number of fused-ring (bicyclic) bond motifs is 2. The minimum absolute atomic E-state index is 0.0437. The molecule has 0 unspecified atom stereocenters. The summed E-state index contributed by atoms with van der Waals surface area (Å²) < 4.78 is 7.54. The van der Waals surface area contributed by atoms with Gasteiger partial charge in [0, 0.05) is 34.2 Å². The fraction of sp³-hybridized carbons (Fsp3) is 0.179. The zero-order chi connectivity index (χ0) is 27.2. The van der Waals surface area contributed by atoms with Crippen molar-refractivity contribution in [1.82, 2.24) is 20.3 Å². The summed E-state index contributed by atoms with van der Waals surface area (Å²) >= 11 is 0. The first-order chi connectivity index (χ1) is 18.0. The van der Waals surface area contributed by atoms with Gasteiger partial charge in [-0.25, -0.2) is 9.48 Å². The van der Waals surface area contributed by atoms with Gasteiger partial charge in [0.2, 0.25) is 0 Å². The van der Waals surface area contributed by atoms with Crippen molar-refractivity contribution < 1.29 is 24.2 Å². The summed E-state index contributed by atoms with van der Waals surface area (Å²) in [6.45, 7) is 6.06. The van der Waals surface area contributed by atoms with E-state index in [0.717, 1.165) is 0 Å². The molecule has 0 radical (unpaired) electrons. The Balaban J connectivity index is 1.56. The number of rotatable bonds is 5. The van der Waals surface area contributed by atoms with Crippen LogP contribution in [-0.4, -0.2) is 37.1 Å². The molecule has 0 bridgehead atoms. The van der Waals surface area contributed by atoms with E-state index in [1.54, 1.807) is 29.1 Å². The first kappa shape index (κ1) is 24.7. The minimum Gasteiger partial charge on any atom is -0.508 e. The maximum absolute atomic E-state index is 12.9. The normalized spacial score (nSPS) is 11.7. The summed E-state index contributed by atoms with van der Waals surface area (Å²) in [5, 5.41) is 31.5. The van der Waals surface area contributed by atoms with Gasteiger partial charge in [-0.05, 0) is 62.7 Å². The van der Waals surface area contributed by atoms with Crippen LogP contribution in [0, 0.1) is 0 Å². The summed E-state index contributed by atoms with van der Waals surface area (Å²) in [5.41, 5.74) is 1.71. The highest BCUT2D eigenvalue weighted by molar-refractivity contribution is 6.09. The maximum atomic E-state index is 12.9. The molecule has 1 aromatic heterocycles. The Morgan fingerprint density at radius 2 is 1.79 bits per heavy atom. The van der Waals surface area contributed by atoms with Gasteiger partial charge >= 0.3 is 5.97 Å². The van der Waals surface area contributed by atoms with Gasteiger partial charge in [-0.15, -0.1) is 5.10 Å². The molecule has 3 N–H and O–H groups in total. The van der Waals surface area contributed by atoms with E-state index in [0.29, 0.717) is 27.8 Å². The Morgan fingerprint density at radius 1 is 1.03 bits per heavy atom. The van der Waals surface area contributed by atoms with Crippen LogP contribution in [0.2, 0.25) is 0 Å². The number of aromatic hydroxyl groups is 1. The molecule has 1 aliphatic heterocycles. The Kier molecular flexibility index (Phi) is 5.94. The number of nitrogens with one attached hydrogen (secondary N) is 1. The van der Waals surface area contributed by atoms with Crippen molar-refractivity contribution in [2.45, 2.75) is 32.9 Å². The standard InChI is InChI=1S/C28H24N4O6/c1-28(2,3)32-14-16(30-31-32)13-29-26(35)15-4-7-19(22(10-15)27(36)37)25-20-8-5-17(33)11-23(20)38-24-12-18(34)6-9-21(24)25/h4-12,14,33H,13H2,1-3H3,(H,29,35)(H,36,37). The molecule has 10 heteroatoms. The third kappa shape index (κ3) is 4.59. The lowest BCUT2D eigenvalue weighted by Gasteiger charge is -2.17. The van der Waals surface area contributed by atoms with Gasteiger partial charge in [-0.1, -0.05) is 11.3 Å². The lowest BCUT2D eigenvalue weighted by Crippen LogP contribution is -2.24. The van der Waals surface area contributed by atoms with Crippen molar-refractivity contribution in [3.05, 3.63) is 87.8 Å². The molecule has 10 nitrogen and oxygen atoms in total. The van der Waals surface area contributed by atoms with E-state index in [-0.39, 0.29) is 45.7 Å². The van der Waals surface area contributed by atoms with Crippen molar-refractivity contribution in [2.75, 3.05) is 0 Å². The van der Waals surface area contributed by atoms with Crippen LogP contribution in [0.25, 0.3) is 33.4 Å². The molecular formula is C28H24N4O6. The summed E-state index contributed by atoms with van der Waals surface area (Å²) in [5.74, 6) is -1.50. The number of carboxylic acids is 1. The predicted octanol–water partition coefficient (Wildman–Crippen LogP) is 4.25. The molecule has 0 saturated heterocycles. The van der Waals surface area contributed by atoms with E-state index in [1.807, 2.05) is 20.8 Å². The molecule has 5 rings (SSSR count). The lowest BCUT2D eigenvalue weighted by molar-refractivity contribution is 0.0697. The second-order valence-corrected chi connectivity index (χ2v) is 9.89. The molecule has 2 heterocycles. The molecular weight excluding hydrogens is 488 g/mol. The van der Waals surface area contributed by atoms with Crippen LogP contribution >= 0.6 is 0 Å². The first-order valence-corrected chi connectivity index (χ1v) is 11.8. The molecule has 0 spiro atoms. The maximum Gasteiger partial charge on any atom is 0.336 e. The van der Waals surface area contributed by atoms with Crippen LogP contribution in [0.1, 0.15) is 47.2 Å². The van der Waals surface area contributed by atoms with Crippen LogP contribution in [0.5, 0.6) is 5.75 Å². The number of hydrogen-bond donors (Lipinski definition) is 3. The molecule has 2 aromatic carbocycles. The van der Waals surface area contributed by atoms with E-state index in [2.05, 4.69) is 15.6 Å². The molecule has 0 fully saturated rings. The molecule has 1 aliphatic carbocycles. The van der Waals surface area contributed by atoms with Gasteiger partial charge in [0.25, 0.3) is 5.91 Å². The van der Waals surface area contributed by atoms with Gasteiger partial charge in [0.05, 0.1) is 23.8 Å². The van der Waals surface area contributed by atoms with Crippen molar-refractivity contribution >= 4 is 22.8 Å². The second-order valence-electron chi connectivity index (χ2n) is 9.89. The third-order valence-electron chi connectivity index (χ3n) is 6.12. The van der Waals surface area contributed by atoms with Crippen LogP contribution in [0.4, 0.5) is 0 Å². The predicted molar refractivity (Wildman–Crippen MR) is 139 cm³/mol. The zero-order valence-electron chi connectivity index (χ0n) is 20.8. The van der Waals surface area contributed by atoms with Gasteiger partial charge in [-0.2, -0.15) is 0 Å². The fourth-order valence-electron chi connectivity index (χ4n) is 4.21. The number of phenolic OH excluding ortho intramolecular Hbond substituents is 1. The SMILES string of the molecule is CC(C)(C)n1cc(CNC(=O)c2ccc(-c3c4ccc(=O)cc-4oc4cc(O)ccc34)c(C(=O)O)c2)nn1. The molecule has 0 saturated carbocycles. The molecule has 192 valence electrons. The molecule has 2 aliphatic rings. The third-order valence-corrected chi connectivity index (χ3v) is 6.12. The highest BCUT2D eigenvalue weighted by atomic mass is 16.4. The average Bonchev–Trinajstić information content (AvgIpc) is 3.35. The second kappa shape index (κ2) is 9.15. The largest absolute Gasteiger partial charge is 0.508 e. The van der Waals surface area contributed by atoms with Crippen molar-refractivity contribution in [3.8, 4) is 28.2 Å². The van der Waals surface area contributed by atoms with Gasteiger partial charge < -0.3 is 19.9 Å². The van der Waals surface area contributed by atoms with E-state index in [1.165, 1.54) is 36.4 Å². The molecule has 1 amide bonds. The minimum atomic E-state index is -1.23. The van der Waals surface area contributed by atoms with Gasteiger partial charge in [0.15, 0.2) is 5.43 Å². The smallest absolute Gasteiger partial charge is 0.336 e. The summed E-state index contributed by atoms with van der Waals surface area (Å²) in [4.78, 5) is 37.3. The topological polar surface area (TPSA) is 148 Å². The van der Waals surface area contributed by atoms with Crippen molar-refractivity contribution in [1.29, 1.82) is 0 Å². The summed E-state index contributed by atoms with van der Waals surface area (Å²) in [6.07, 6.45) is 1.74. The first-order valence-electron chi connectivity index (χ1n) is 11.8. The number of hydrogen-bond acceptors (Lipinski definition) is 7. The zero-order valence-corrected chi connectivity index (χ0v) is 20.8. The molecule has 0 atom stereocenters. The number of aromatic nitrogens is 3. The van der Waals surface area contributed by atoms with E-state index in [9.17, 15) is 24.6 Å². The Labute approximate surface area is 216 Å². The number of carboxylic acid groups (broad SMARTS) is 1. The Hall–Kier alpha value is -4.99. The van der Waals surface area contributed by atoms with Crippen LogP contribution in [-0.2, 0) is 12.1 Å². The van der Waals surface area contributed by atoms with Crippen LogP contribution in [0.15, 0.2) is 70.0 Å². The average molecular weight is 513 g/mol. The van der Waals surface area contributed by atoms with Crippen molar-refractivity contribution in [2.24, 2.45) is 0 Å². The Bertz CT molecular complexity index is 1740. The number of nitrogens with zero attached hydrogens (tertiary/aromatic N) is 3. The number of benzene rings is 3. The monoisotopic (exact) mass is 512 g/mol. The Morgan fingerprint density at radius 3 is 2.50 bits per heavy atom. The number of phenols is 1. The van der Waals surface area contributed by atoms with Gasteiger partial charge in [-0.3, -0.25) is 9.59 Å². The number of carbonyl (C=O) groups is 2. The number of aromatic carboxylic acids is 1. The van der Waals surface area contributed by atoms with Gasteiger partial charge in [0.1, 0.15) is 22.8 Å². The van der Waals surface area contributed by atoms with E-state index < -0.39 is 11.9 Å². The highest BCUT2D eigenvalue weighted by Crippen LogP contribution is 2.42.